The van der Waals surface area contributed by atoms with Crippen LogP contribution < -0.4 is 10.6 Å². The second kappa shape index (κ2) is 9.42. The van der Waals surface area contributed by atoms with Crippen molar-refractivity contribution < 1.29 is 24.2 Å². The molecule has 7 nitrogen and oxygen atoms in total. The van der Waals surface area contributed by atoms with Crippen LogP contribution >= 0.6 is 0 Å². The van der Waals surface area contributed by atoms with Gasteiger partial charge in [0.25, 0.3) is 0 Å². The average Bonchev–Trinajstić information content (AvgIpc) is 3.58. The maximum atomic E-state index is 12.6. The molecule has 2 aliphatic rings. The molecule has 4 rings (SSSR count). The van der Waals surface area contributed by atoms with Gasteiger partial charge in [0.15, 0.2) is 0 Å². The summed E-state index contributed by atoms with van der Waals surface area (Å²) in [5.41, 5.74) is 4.57. The number of benzene rings is 2. The summed E-state index contributed by atoms with van der Waals surface area (Å²) in [7, 11) is 0. The molecular formula is C25H28N2O5. The van der Waals surface area contributed by atoms with Gasteiger partial charge in [-0.05, 0) is 47.4 Å². The van der Waals surface area contributed by atoms with Gasteiger partial charge in [0.2, 0.25) is 5.91 Å². The molecule has 0 bridgehead atoms. The SMILES string of the molecule is CC(CCNC(=O)C(NC(=O)OCC1c2ccccc2-c2ccccc21)C1CC1)C(=O)O. The number of hydrogen-bond donors (Lipinski definition) is 3. The summed E-state index contributed by atoms with van der Waals surface area (Å²) in [6, 6.07) is 15.6. The molecule has 2 aliphatic carbocycles. The molecule has 1 saturated carbocycles. The quantitative estimate of drug-likeness (QED) is 0.558. The van der Waals surface area contributed by atoms with Crippen molar-refractivity contribution in [1.29, 1.82) is 0 Å². The molecule has 2 unspecified atom stereocenters. The Morgan fingerprint density at radius 1 is 1.03 bits per heavy atom. The third kappa shape index (κ3) is 4.77. The maximum Gasteiger partial charge on any atom is 0.407 e. The van der Waals surface area contributed by atoms with E-state index in [4.69, 9.17) is 9.84 Å². The molecular weight excluding hydrogens is 408 g/mol. The van der Waals surface area contributed by atoms with Gasteiger partial charge in [0.05, 0.1) is 5.92 Å². The molecule has 0 spiro atoms. The van der Waals surface area contributed by atoms with Crippen LogP contribution in [-0.4, -0.2) is 42.3 Å². The minimum absolute atomic E-state index is 0.0427. The molecule has 168 valence electrons. The zero-order chi connectivity index (χ0) is 22.7. The van der Waals surface area contributed by atoms with E-state index in [0.29, 0.717) is 6.42 Å². The van der Waals surface area contributed by atoms with Gasteiger partial charge in [0, 0.05) is 12.5 Å². The lowest BCUT2D eigenvalue weighted by Gasteiger charge is -2.19. The molecule has 1 fully saturated rings. The smallest absolute Gasteiger partial charge is 0.407 e. The molecule has 0 aromatic heterocycles. The standard InChI is InChI=1S/C25H28N2O5/c1-15(24(29)30)12-13-26-23(28)22(16-10-11-16)27-25(31)32-14-21-19-8-4-2-6-17(19)18-7-3-5-9-20(18)21/h2-9,15-16,21-22H,10-14H2,1H3,(H,26,28)(H,27,31)(H,29,30). The van der Waals surface area contributed by atoms with Crippen molar-refractivity contribution in [3.05, 3.63) is 59.7 Å². The molecule has 32 heavy (non-hydrogen) atoms. The zero-order valence-corrected chi connectivity index (χ0v) is 18.0. The minimum Gasteiger partial charge on any atom is -0.481 e. The van der Waals surface area contributed by atoms with Crippen molar-refractivity contribution in [3.8, 4) is 11.1 Å². The molecule has 2 aromatic rings. The largest absolute Gasteiger partial charge is 0.481 e. The van der Waals surface area contributed by atoms with Gasteiger partial charge < -0.3 is 20.5 Å². The van der Waals surface area contributed by atoms with E-state index in [2.05, 4.69) is 34.9 Å². The van der Waals surface area contributed by atoms with Gasteiger partial charge in [-0.2, -0.15) is 0 Å². The lowest BCUT2D eigenvalue weighted by Crippen LogP contribution is -2.48. The van der Waals surface area contributed by atoms with Crippen LogP contribution in [0.4, 0.5) is 4.79 Å². The van der Waals surface area contributed by atoms with Gasteiger partial charge in [-0.3, -0.25) is 9.59 Å². The summed E-state index contributed by atoms with van der Waals surface area (Å²) in [5.74, 6) is -1.68. The number of hydrogen-bond acceptors (Lipinski definition) is 4. The van der Waals surface area contributed by atoms with Crippen LogP contribution in [0.5, 0.6) is 0 Å². The molecule has 2 aromatic carbocycles. The molecule has 2 amide bonds. The van der Waals surface area contributed by atoms with Gasteiger partial charge >= 0.3 is 12.1 Å². The molecule has 0 heterocycles. The van der Waals surface area contributed by atoms with Crippen molar-refractivity contribution in [2.24, 2.45) is 11.8 Å². The number of rotatable bonds is 9. The van der Waals surface area contributed by atoms with Crippen molar-refractivity contribution in [2.45, 2.75) is 38.1 Å². The summed E-state index contributed by atoms with van der Waals surface area (Å²) in [6.07, 6.45) is 1.46. The van der Waals surface area contributed by atoms with Gasteiger partial charge in [-0.15, -0.1) is 0 Å². The fourth-order valence-corrected chi connectivity index (χ4v) is 4.24. The summed E-state index contributed by atoms with van der Waals surface area (Å²) < 4.78 is 5.56. The van der Waals surface area contributed by atoms with Crippen LogP contribution in [0.25, 0.3) is 11.1 Å². The maximum absolute atomic E-state index is 12.6. The fraction of sp³-hybridized carbons (Fsp3) is 0.400. The number of amides is 2. The van der Waals surface area contributed by atoms with Crippen molar-refractivity contribution in [2.75, 3.05) is 13.2 Å². The number of aliphatic carboxylic acids is 1. The van der Waals surface area contributed by atoms with E-state index in [0.717, 1.165) is 35.1 Å². The lowest BCUT2D eigenvalue weighted by molar-refractivity contribution is -0.141. The minimum atomic E-state index is -0.894. The first-order valence-electron chi connectivity index (χ1n) is 11.1. The lowest BCUT2D eigenvalue weighted by atomic mass is 9.98. The van der Waals surface area contributed by atoms with Crippen molar-refractivity contribution in [1.82, 2.24) is 10.6 Å². The van der Waals surface area contributed by atoms with Gasteiger partial charge in [-0.25, -0.2) is 4.79 Å². The highest BCUT2D eigenvalue weighted by Crippen LogP contribution is 2.44. The highest BCUT2D eigenvalue weighted by molar-refractivity contribution is 5.86. The molecule has 7 heteroatoms. The highest BCUT2D eigenvalue weighted by Gasteiger charge is 2.38. The van der Waals surface area contributed by atoms with E-state index < -0.39 is 24.0 Å². The second-order valence-corrected chi connectivity index (χ2v) is 8.60. The number of nitrogens with one attached hydrogen (secondary N) is 2. The van der Waals surface area contributed by atoms with E-state index in [1.54, 1.807) is 6.92 Å². The Hall–Kier alpha value is -3.35. The van der Waals surface area contributed by atoms with E-state index in [-0.39, 0.29) is 30.9 Å². The number of ether oxygens (including phenoxy) is 1. The predicted molar refractivity (Wildman–Crippen MR) is 119 cm³/mol. The second-order valence-electron chi connectivity index (χ2n) is 8.60. The number of alkyl carbamates (subject to hydrolysis) is 1. The molecule has 3 N–H and O–H groups in total. The third-order valence-electron chi connectivity index (χ3n) is 6.29. The van der Waals surface area contributed by atoms with E-state index >= 15 is 0 Å². The molecule has 0 aliphatic heterocycles. The first-order valence-corrected chi connectivity index (χ1v) is 11.1. The fourth-order valence-electron chi connectivity index (χ4n) is 4.24. The number of carboxylic acid groups (broad SMARTS) is 1. The molecule has 0 radical (unpaired) electrons. The predicted octanol–water partition coefficient (Wildman–Crippen LogP) is 3.53. The Balaban J connectivity index is 1.34. The van der Waals surface area contributed by atoms with Crippen LogP contribution in [-0.2, 0) is 14.3 Å². The Morgan fingerprint density at radius 2 is 1.62 bits per heavy atom. The van der Waals surface area contributed by atoms with Crippen molar-refractivity contribution >= 4 is 18.0 Å². The molecule has 0 saturated heterocycles. The Bertz CT molecular complexity index is 971. The number of carboxylic acids is 1. The monoisotopic (exact) mass is 436 g/mol. The van der Waals surface area contributed by atoms with E-state index in [9.17, 15) is 14.4 Å². The van der Waals surface area contributed by atoms with Gasteiger partial charge in [0.1, 0.15) is 12.6 Å². The van der Waals surface area contributed by atoms with Crippen molar-refractivity contribution in [3.63, 3.8) is 0 Å². The normalized spacial score (nSPS) is 16.4. The summed E-state index contributed by atoms with van der Waals surface area (Å²) in [5, 5.41) is 14.4. The first-order chi connectivity index (χ1) is 15.5. The third-order valence-corrected chi connectivity index (χ3v) is 6.29. The zero-order valence-electron chi connectivity index (χ0n) is 18.0. The van der Waals surface area contributed by atoms with Crippen LogP contribution in [0.1, 0.15) is 43.2 Å². The van der Waals surface area contributed by atoms with Crippen LogP contribution in [0, 0.1) is 11.8 Å². The average molecular weight is 437 g/mol. The van der Waals surface area contributed by atoms with E-state index in [1.807, 2.05) is 24.3 Å². The number of carbonyl (C=O) groups excluding carboxylic acids is 2. The number of fused-ring (bicyclic) bond motifs is 3. The summed E-state index contributed by atoms with van der Waals surface area (Å²) in [6.45, 7) is 2.04. The summed E-state index contributed by atoms with van der Waals surface area (Å²) in [4.78, 5) is 36.0. The topological polar surface area (TPSA) is 105 Å². The highest BCUT2D eigenvalue weighted by atomic mass is 16.5. The Kier molecular flexibility index (Phi) is 6.44. The van der Waals surface area contributed by atoms with Crippen LogP contribution in [0.2, 0.25) is 0 Å². The van der Waals surface area contributed by atoms with Crippen LogP contribution in [0.15, 0.2) is 48.5 Å². The molecule has 2 atom stereocenters. The Morgan fingerprint density at radius 3 is 2.19 bits per heavy atom. The summed E-state index contributed by atoms with van der Waals surface area (Å²) >= 11 is 0. The van der Waals surface area contributed by atoms with E-state index in [1.165, 1.54) is 0 Å². The Labute approximate surface area is 187 Å². The number of carbonyl (C=O) groups is 3. The first kappa shape index (κ1) is 21.9. The van der Waals surface area contributed by atoms with Crippen LogP contribution in [0.3, 0.4) is 0 Å². The van der Waals surface area contributed by atoms with Gasteiger partial charge in [-0.1, -0.05) is 55.5 Å².